The van der Waals surface area contributed by atoms with Gasteiger partial charge in [-0.25, -0.2) is 8.42 Å². The van der Waals surface area contributed by atoms with Gasteiger partial charge in [0.1, 0.15) is 0 Å². The van der Waals surface area contributed by atoms with E-state index in [-0.39, 0.29) is 16.9 Å². The lowest BCUT2D eigenvalue weighted by Gasteiger charge is -2.27. The number of benzene rings is 1. The molecule has 0 saturated carbocycles. The van der Waals surface area contributed by atoms with E-state index in [9.17, 15) is 8.42 Å². The van der Waals surface area contributed by atoms with Gasteiger partial charge < -0.3 is 5.73 Å². The Morgan fingerprint density at radius 3 is 2.16 bits per heavy atom. The molecule has 19 heavy (non-hydrogen) atoms. The minimum Gasteiger partial charge on any atom is -0.399 e. The SMILES string of the molecule is Cc1cc(N)cc(S(=O)(=O)N(CC(C)C)C(C)C)c1. The smallest absolute Gasteiger partial charge is 0.243 e. The summed E-state index contributed by atoms with van der Waals surface area (Å²) in [5, 5.41) is 0. The van der Waals surface area contributed by atoms with Crippen LogP contribution in [-0.2, 0) is 10.0 Å². The molecule has 0 aromatic heterocycles. The van der Waals surface area contributed by atoms with Crippen molar-refractivity contribution in [2.45, 2.75) is 45.6 Å². The molecule has 108 valence electrons. The Kier molecular flexibility index (Phi) is 4.98. The second-order valence-electron chi connectivity index (χ2n) is 5.64. The first-order valence-corrected chi connectivity index (χ1v) is 7.97. The van der Waals surface area contributed by atoms with Gasteiger partial charge in [0.2, 0.25) is 10.0 Å². The number of anilines is 1. The van der Waals surface area contributed by atoms with E-state index in [1.807, 2.05) is 34.6 Å². The van der Waals surface area contributed by atoms with Crippen LogP contribution in [0.1, 0.15) is 33.3 Å². The van der Waals surface area contributed by atoms with Gasteiger partial charge in [-0.15, -0.1) is 0 Å². The number of nitrogen functional groups attached to an aromatic ring is 1. The van der Waals surface area contributed by atoms with Crippen molar-refractivity contribution in [3.8, 4) is 0 Å². The number of nitrogens with zero attached hydrogens (tertiary/aromatic N) is 1. The minimum absolute atomic E-state index is 0.0749. The maximum Gasteiger partial charge on any atom is 0.243 e. The van der Waals surface area contributed by atoms with Gasteiger partial charge in [-0.2, -0.15) is 4.31 Å². The van der Waals surface area contributed by atoms with Crippen molar-refractivity contribution in [1.29, 1.82) is 0 Å². The van der Waals surface area contributed by atoms with Crippen LogP contribution in [0.5, 0.6) is 0 Å². The third-order valence-electron chi connectivity index (χ3n) is 2.80. The van der Waals surface area contributed by atoms with Crippen molar-refractivity contribution in [3.63, 3.8) is 0 Å². The molecule has 0 spiro atoms. The fourth-order valence-electron chi connectivity index (χ4n) is 2.01. The molecular formula is C14H24N2O2S. The molecule has 1 aromatic carbocycles. The summed E-state index contributed by atoms with van der Waals surface area (Å²) in [6.45, 7) is 10.1. The molecule has 0 saturated heterocycles. The van der Waals surface area contributed by atoms with Crippen LogP contribution in [0.15, 0.2) is 23.1 Å². The van der Waals surface area contributed by atoms with Crippen LogP contribution in [0.2, 0.25) is 0 Å². The molecule has 5 heteroatoms. The fraction of sp³-hybridized carbons (Fsp3) is 0.571. The molecule has 0 amide bonds. The van der Waals surface area contributed by atoms with Crippen LogP contribution in [0, 0.1) is 12.8 Å². The molecular weight excluding hydrogens is 260 g/mol. The second-order valence-corrected chi connectivity index (χ2v) is 7.53. The standard InChI is InChI=1S/C14H24N2O2S/c1-10(2)9-16(11(3)4)19(17,18)14-7-12(5)6-13(15)8-14/h6-8,10-11H,9,15H2,1-5H3. The van der Waals surface area contributed by atoms with Crippen molar-refractivity contribution in [1.82, 2.24) is 4.31 Å². The molecule has 1 aromatic rings. The van der Waals surface area contributed by atoms with E-state index in [0.29, 0.717) is 12.2 Å². The largest absolute Gasteiger partial charge is 0.399 e. The normalized spacial score (nSPS) is 12.6. The van der Waals surface area contributed by atoms with E-state index in [0.717, 1.165) is 5.56 Å². The maximum atomic E-state index is 12.7. The van der Waals surface area contributed by atoms with Crippen molar-refractivity contribution < 1.29 is 8.42 Å². The predicted molar refractivity (Wildman–Crippen MR) is 79.5 cm³/mol. The Bertz CT molecular complexity index is 516. The Morgan fingerprint density at radius 1 is 1.16 bits per heavy atom. The highest BCUT2D eigenvalue weighted by atomic mass is 32.2. The lowest BCUT2D eigenvalue weighted by Crippen LogP contribution is -2.39. The number of hydrogen-bond acceptors (Lipinski definition) is 3. The monoisotopic (exact) mass is 284 g/mol. The minimum atomic E-state index is -3.49. The fourth-order valence-corrected chi connectivity index (χ4v) is 3.95. The molecule has 0 aliphatic heterocycles. The summed E-state index contributed by atoms with van der Waals surface area (Å²) >= 11 is 0. The van der Waals surface area contributed by atoms with Crippen LogP contribution in [0.25, 0.3) is 0 Å². The summed E-state index contributed by atoms with van der Waals surface area (Å²) in [6.07, 6.45) is 0. The van der Waals surface area contributed by atoms with E-state index in [1.54, 1.807) is 12.1 Å². The average molecular weight is 284 g/mol. The van der Waals surface area contributed by atoms with E-state index >= 15 is 0 Å². The third kappa shape index (κ3) is 3.94. The van der Waals surface area contributed by atoms with Gasteiger partial charge in [-0.05, 0) is 50.5 Å². The topological polar surface area (TPSA) is 63.4 Å². The lowest BCUT2D eigenvalue weighted by atomic mass is 10.2. The van der Waals surface area contributed by atoms with Crippen LogP contribution in [0.4, 0.5) is 5.69 Å². The van der Waals surface area contributed by atoms with Crippen LogP contribution < -0.4 is 5.73 Å². The van der Waals surface area contributed by atoms with Gasteiger partial charge in [0.15, 0.2) is 0 Å². The first-order chi connectivity index (χ1) is 8.64. The van der Waals surface area contributed by atoms with Gasteiger partial charge in [0, 0.05) is 18.3 Å². The van der Waals surface area contributed by atoms with Gasteiger partial charge in [-0.1, -0.05) is 13.8 Å². The molecule has 4 nitrogen and oxygen atoms in total. The van der Waals surface area contributed by atoms with Gasteiger partial charge in [0.05, 0.1) is 4.90 Å². The van der Waals surface area contributed by atoms with Crippen molar-refractivity contribution in [3.05, 3.63) is 23.8 Å². The number of sulfonamides is 1. The molecule has 0 bridgehead atoms. The molecule has 0 aliphatic rings. The van der Waals surface area contributed by atoms with E-state index in [4.69, 9.17) is 5.73 Å². The van der Waals surface area contributed by atoms with E-state index < -0.39 is 10.0 Å². The Labute approximate surface area is 116 Å². The Morgan fingerprint density at radius 2 is 1.74 bits per heavy atom. The van der Waals surface area contributed by atoms with E-state index in [2.05, 4.69) is 0 Å². The summed E-state index contributed by atoms with van der Waals surface area (Å²) < 4.78 is 26.9. The average Bonchev–Trinajstić information content (AvgIpc) is 2.23. The highest BCUT2D eigenvalue weighted by molar-refractivity contribution is 7.89. The van der Waals surface area contributed by atoms with Crippen molar-refractivity contribution in [2.75, 3.05) is 12.3 Å². The molecule has 2 N–H and O–H groups in total. The first-order valence-electron chi connectivity index (χ1n) is 6.53. The Balaban J connectivity index is 3.26. The van der Waals surface area contributed by atoms with Gasteiger partial charge >= 0.3 is 0 Å². The van der Waals surface area contributed by atoms with Crippen LogP contribution in [0.3, 0.4) is 0 Å². The molecule has 0 unspecified atom stereocenters. The summed E-state index contributed by atoms with van der Waals surface area (Å²) in [5.74, 6) is 0.277. The maximum absolute atomic E-state index is 12.7. The third-order valence-corrected chi connectivity index (χ3v) is 4.82. The zero-order valence-corrected chi connectivity index (χ0v) is 13.2. The van der Waals surface area contributed by atoms with Crippen molar-refractivity contribution in [2.24, 2.45) is 5.92 Å². The first kappa shape index (κ1) is 16.0. The summed E-state index contributed by atoms with van der Waals surface area (Å²) in [4.78, 5) is 0.277. The molecule has 0 radical (unpaired) electrons. The number of hydrogen-bond donors (Lipinski definition) is 1. The molecule has 0 atom stereocenters. The van der Waals surface area contributed by atoms with Crippen LogP contribution in [-0.4, -0.2) is 25.3 Å². The molecule has 0 heterocycles. The number of nitrogens with two attached hydrogens (primary N) is 1. The zero-order valence-electron chi connectivity index (χ0n) is 12.3. The summed E-state index contributed by atoms with van der Waals surface area (Å²) in [5.41, 5.74) is 7.08. The number of aryl methyl sites for hydroxylation is 1. The number of rotatable bonds is 5. The highest BCUT2D eigenvalue weighted by Crippen LogP contribution is 2.23. The molecule has 1 rings (SSSR count). The molecule has 0 fully saturated rings. The Hall–Kier alpha value is -1.07. The van der Waals surface area contributed by atoms with Gasteiger partial charge in [-0.3, -0.25) is 0 Å². The summed E-state index contributed by atoms with van der Waals surface area (Å²) in [7, 11) is -3.49. The predicted octanol–water partition coefficient (Wildman–Crippen LogP) is 2.63. The van der Waals surface area contributed by atoms with Gasteiger partial charge in [0.25, 0.3) is 0 Å². The quantitative estimate of drug-likeness (QED) is 0.845. The second kappa shape index (κ2) is 5.92. The summed E-state index contributed by atoms with van der Waals surface area (Å²) in [6, 6.07) is 4.88. The highest BCUT2D eigenvalue weighted by Gasteiger charge is 2.27. The lowest BCUT2D eigenvalue weighted by molar-refractivity contribution is 0.319. The zero-order chi connectivity index (χ0) is 14.8. The van der Waals surface area contributed by atoms with E-state index in [1.165, 1.54) is 10.4 Å². The van der Waals surface area contributed by atoms with Crippen LogP contribution >= 0.6 is 0 Å². The molecule has 0 aliphatic carbocycles. The van der Waals surface area contributed by atoms with Crippen molar-refractivity contribution >= 4 is 15.7 Å².